The molecule has 1 amide bonds. The van der Waals surface area contributed by atoms with Gasteiger partial charge in [-0.05, 0) is 50.0 Å². The van der Waals surface area contributed by atoms with Gasteiger partial charge in [0.15, 0.2) is 0 Å². The summed E-state index contributed by atoms with van der Waals surface area (Å²) in [4.78, 5) is 16.5. The molecule has 0 aromatic rings. The van der Waals surface area contributed by atoms with Crippen LogP contribution in [0.15, 0.2) is 0 Å². The van der Waals surface area contributed by atoms with E-state index in [-0.39, 0.29) is 30.3 Å². The zero-order chi connectivity index (χ0) is 14.7. The maximum Gasteiger partial charge on any atom is 0.282 e. The molecule has 118 valence electrons. The Balaban J connectivity index is 1.41. The SMILES string of the molecule is O=C(C1CCCC12CCN(CC1CC1)C2)N1CC(F)(F)C1. The molecule has 1 spiro atoms. The summed E-state index contributed by atoms with van der Waals surface area (Å²) in [5, 5.41) is 0. The average Bonchev–Trinajstić information content (AvgIpc) is 2.98. The molecule has 3 nitrogen and oxygen atoms in total. The zero-order valence-corrected chi connectivity index (χ0v) is 12.5. The van der Waals surface area contributed by atoms with Crippen LogP contribution in [0.2, 0.25) is 0 Å². The summed E-state index contributed by atoms with van der Waals surface area (Å²) in [7, 11) is 0. The van der Waals surface area contributed by atoms with Crippen LogP contribution < -0.4 is 0 Å². The molecule has 0 aromatic heterocycles. The Bertz CT molecular complexity index is 444. The number of rotatable bonds is 3. The quantitative estimate of drug-likeness (QED) is 0.798. The Hall–Kier alpha value is -0.710. The summed E-state index contributed by atoms with van der Waals surface area (Å²) in [5.41, 5.74) is 0.0941. The summed E-state index contributed by atoms with van der Waals surface area (Å²) in [6.45, 7) is 2.58. The lowest BCUT2D eigenvalue weighted by atomic mass is 9.76. The minimum absolute atomic E-state index is 0.00203. The molecule has 2 unspecified atom stereocenters. The van der Waals surface area contributed by atoms with E-state index < -0.39 is 5.92 Å². The van der Waals surface area contributed by atoms with Gasteiger partial charge in [-0.1, -0.05) is 6.42 Å². The molecule has 5 heteroatoms. The Morgan fingerprint density at radius 2 is 1.86 bits per heavy atom. The third kappa shape index (κ3) is 2.47. The Morgan fingerprint density at radius 3 is 2.52 bits per heavy atom. The number of amides is 1. The first-order chi connectivity index (χ1) is 9.97. The highest BCUT2D eigenvalue weighted by atomic mass is 19.3. The van der Waals surface area contributed by atoms with E-state index in [1.165, 1.54) is 24.3 Å². The molecule has 2 aliphatic carbocycles. The fourth-order valence-corrected chi connectivity index (χ4v) is 4.71. The van der Waals surface area contributed by atoms with Crippen LogP contribution >= 0.6 is 0 Å². The van der Waals surface area contributed by atoms with Crippen LogP contribution in [0.3, 0.4) is 0 Å². The highest BCUT2D eigenvalue weighted by Gasteiger charge is 2.55. The first-order valence-corrected chi connectivity index (χ1v) is 8.36. The minimum Gasteiger partial charge on any atom is -0.330 e. The van der Waals surface area contributed by atoms with Gasteiger partial charge in [0.2, 0.25) is 5.91 Å². The van der Waals surface area contributed by atoms with E-state index in [4.69, 9.17) is 0 Å². The van der Waals surface area contributed by atoms with Crippen molar-refractivity contribution in [3.63, 3.8) is 0 Å². The normalized spacial score (nSPS) is 39.0. The first kappa shape index (κ1) is 13.9. The number of hydrogen-bond donors (Lipinski definition) is 0. The third-order valence-electron chi connectivity index (χ3n) is 6.04. The van der Waals surface area contributed by atoms with Crippen molar-refractivity contribution >= 4 is 5.91 Å². The first-order valence-electron chi connectivity index (χ1n) is 8.36. The Kier molecular flexibility index (Phi) is 3.08. The summed E-state index contributed by atoms with van der Waals surface area (Å²) in [6, 6.07) is 0. The predicted molar refractivity (Wildman–Crippen MR) is 75.1 cm³/mol. The molecular formula is C16H24F2N2O. The highest BCUT2D eigenvalue weighted by molar-refractivity contribution is 5.81. The van der Waals surface area contributed by atoms with E-state index in [1.807, 2.05) is 0 Å². The second kappa shape index (κ2) is 4.64. The molecular weight excluding hydrogens is 274 g/mol. The summed E-state index contributed by atoms with van der Waals surface area (Å²) in [5.74, 6) is -1.76. The second-order valence-corrected chi connectivity index (χ2v) is 7.79. The van der Waals surface area contributed by atoms with Gasteiger partial charge in [0.1, 0.15) is 0 Å². The van der Waals surface area contributed by atoms with Crippen molar-refractivity contribution < 1.29 is 13.6 Å². The number of alkyl halides is 2. The topological polar surface area (TPSA) is 23.6 Å². The number of nitrogens with zero attached hydrogens (tertiary/aromatic N) is 2. The van der Waals surface area contributed by atoms with Crippen LogP contribution in [-0.2, 0) is 4.79 Å². The minimum atomic E-state index is -2.64. The van der Waals surface area contributed by atoms with Crippen LogP contribution in [0.4, 0.5) is 8.78 Å². The molecule has 0 bridgehead atoms. The standard InChI is InChI=1S/C16H24F2N2O/c17-16(18)10-20(11-16)14(21)13-2-1-5-15(13)6-7-19(9-15)8-12-3-4-12/h12-13H,1-11H2. The third-order valence-corrected chi connectivity index (χ3v) is 6.04. The number of hydrogen-bond acceptors (Lipinski definition) is 2. The Labute approximate surface area is 124 Å². The maximum atomic E-state index is 13.0. The van der Waals surface area contributed by atoms with E-state index >= 15 is 0 Å². The highest BCUT2D eigenvalue weighted by Crippen LogP contribution is 2.51. The van der Waals surface area contributed by atoms with Crippen LogP contribution in [0.25, 0.3) is 0 Å². The van der Waals surface area contributed by atoms with Crippen molar-refractivity contribution in [2.75, 3.05) is 32.7 Å². The maximum absolute atomic E-state index is 13.0. The van der Waals surface area contributed by atoms with Crippen LogP contribution in [0, 0.1) is 17.3 Å². The van der Waals surface area contributed by atoms with E-state index in [0.717, 1.165) is 44.7 Å². The molecule has 0 aromatic carbocycles. The van der Waals surface area contributed by atoms with Gasteiger partial charge in [0.05, 0.1) is 13.1 Å². The predicted octanol–water partition coefficient (Wildman–Crippen LogP) is 2.37. The molecule has 4 aliphatic rings. The fraction of sp³-hybridized carbons (Fsp3) is 0.938. The molecule has 4 fully saturated rings. The van der Waals surface area contributed by atoms with Crippen LogP contribution in [0.1, 0.15) is 38.5 Å². The van der Waals surface area contributed by atoms with Crippen molar-refractivity contribution in [2.24, 2.45) is 17.3 Å². The molecule has 0 radical (unpaired) electrons. The molecule has 0 N–H and O–H groups in total. The van der Waals surface area contributed by atoms with E-state index in [0.29, 0.717) is 0 Å². The number of carbonyl (C=O) groups is 1. The lowest BCUT2D eigenvalue weighted by molar-refractivity contribution is -0.172. The monoisotopic (exact) mass is 298 g/mol. The smallest absolute Gasteiger partial charge is 0.282 e. The summed E-state index contributed by atoms with van der Waals surface area (Å²) in [6.07, 6.45) is 6.88. The number of likely N-dealkylation sites (tertiary alicyclic amines) is 2. The fourth-order valence-electron chi connectivity index (χ4n) is 4.71. The van der Waals surface area contributed by atoms with Crippen LogP contribution in [0.5, 0.6) is 0 Å². The van der Waals surface area contributed by atoms with E-state index in [2.05, 4.69) is 4.90 Å². The van der Waals surface area contributed by atoms with Crippen molar-refractivity contribution in [3.05, 3.63) is 0 Å². The van der Waals surface area contributed by atoms with Crippen molar-refractivity contribution in [2.45, 2.75) is 44.4 Å². The number of carbonyl (C=O) groups excluding carboxylic acids is 1. The zero-order valence-electron chi connectivity index (χ0n) is 12.5. The van der Waals surface area contributed by atoms with Gasteiger partial charge in [0.25, 0.3) is 5.92 Å². The second-order valence-electron chi connectivity index (χ2n) is 7.79. The van der Waals surface area contributed by atoms with Crippen molar-refractivity contribution in [1.29, 1.82) is 0 Å². The molecule has 21 heavy (non-hydrogen) atoms. The summed E-state index contributed by atoms with van der Waals surface area (Å²) < 4.78 is 26.0. The van der Waals surface area contributed by atoms with Gasteiger partial charge in [-0.25, -0.2) is 8.78 Å². The number of halogens is 2. The summed E-state index contributed by atoms with van der Waals surface area (Å²) >= 11 is 0. The molecule has 2 atom stereocenters. The van der Waals surface area contributed by atoms with Gasteiger partial charge >= 0.3 is 0 Å². The Morgan fingerprint density at radius 1 is 1.10 bits per heavy atom. The van der Waals surface area contributed by atoms with Gasteiger partial charge in [-0.3, -0.25) is 4.79 Å². The molecule has 2 saturated heterocycles. The molecule has 2 aliphatic heterocycles. The van der Waals surface area contributed by atoms with Gasteiger partial charge in [-0.15, -0.1) is 0 Å². The van der Waals surface area contributed by atoms with Gasteiger partial charge in [-0.2, -0.15) is 0 Å². The lowest BCUT2D eigenvalue weighted by Gasteiger charge is -2.42. The largest absolute Gasteiger partial charge is 0.330 e. The van der Waals surface area contributed by atoms with Crippen LogP contribution in [-0.4, -0.2) is 54.4 Å². The van der Waals surface area contributed by atoms with Gasteiger partial charge in [0, 0.05) is 19.0 Å². The van der Waals surface area contributed by atoms with E-state index in [9.17, 15) is 13.6 Å². The average molecular weight is 298 g/mol. The van der Waals surface area contributed by atoms with Gasteiger partial charge < -0.3 is 9.80 Å². The molecule has 2 saturated carbocycles. The van der Waals surface area contributed by atoms with Crippen molar-refractivity contribution in [3.8, 4) is 0 Å². The van der Waals surface area contributed by atoms with Crippen molar-refractivity contribution in [1.82, 2.24) is 9.80 Å². The molecule has 2 heterocycles. The molecule has 4 rings (SSSR count). The van der Waals surface area contributed by atoms with E-state index in [1.54, 1.807) is 0 Å². The lowest BCUT2D eigenvalue weighted by Crippen LogP contribution is -2.60.